The average Bonchev–Trinajstić information content (AvgIpc) is 2.62. The van der Waals surface area contributed by atoms with Gasteiger partial charge in [0.15, 0.2) is 0 Å². The van der Waals surface area contributed by atoms with Gasteiger partial charge < -0.3 is 20.1 Å². The van der Waals surface area contributed by atoms with Crippen LogP contribution in [0.3, 0.4) is 0 Å². The lowest BCUT2D eigenvalue weighted by atomic mass is 9.88. The molecule has 0 fully saturated rings. The second kappa shape index (κ2) is 13.4. The molecule has 6 heteroatoms. The summed E-state index contributed by atoms with van der Waals surface area (Å²) >= 11 is 0. The minimum Gasteiger partial charge on any atom is -0.376 e. The highest BCUT2D eigenvalue weighted by atomic mass is 16.5. The van der Waals surface area contributed by atoms with Crippen LogP contribution < -0.4 is 10.6 Å². The van der Waals surface area contributed by atoms with E-state index in [0.717, 1.165) is 38.5 Å². The van der Waals surface area contributed by atoms with E-state index in [1.165, 1.54) is 0 Å². The third-order valence-electron chi connectivity index (χ3n) is 5.86. The SMILES string of the molecule is CCCC(C)(C)OCCC(C)(C)C(=O)NCCCC(C)(C)OCCC(C)(C)CNC=O. The van der Waals surface area contributed by atoms with Gasteiger partial charge in [-0.1, -0.05) is 41.0 Å². The first kappa shape index (κ1) is 29.9. The lowest BCUT2D eigenvalue weighted by Gasteiger charge is -2.30. The molecule has 0 saturated carbocycles. The molecule has 0 aromatic heterocycles. The fourth-order valence-electron chi connectivity index (χ4n) is 3.41. The summed E-state index contributed by atoms with van der Waals surface area (Å²) in [6.07, 6.45) is 6.16. The van der Waals surface area contributed by atoms with E-state index in [2.05, 4.69) is 59.1 Å². The smallest absolute Gasteiger partial charge is 0.225 e. The number of rotatable bonds is 18. The predicted octanol–water partition coefficient (Wildman–Crippen LogP) is 4.85. The van der Waals surface area contributed by atoms with Crippen molar-refractivity contribution < 1.29 is 19.1 Å². The van der Waals surface area contributed by atoms with Crippen LogP contribution in [0.15, 0.2) is 0 Å². The molecule has 0 aromatic carbocycles. The van der Waals surface area contributed by atoms with Crippen LogP contribution in [0.4, 0.5) is 0 Å². The fourth-order valence-corrected chi connectivity index (χ4v) is 3.41. The Morgan fingerprint density at radius 2 is 1.39 bits per heavy atom. The maximum Gasteiger partial charge on any atom is 0.225 e. The fraction of sp³-hybridized carbons (Fsp3) is 0.920. The van der Waals surface area contributed by atoms with E-state index in [4.69, 9.17) is 9.47 Å². The summed E-state index contributed by atoms with van der Waals surface area (Å²) in [4.78, 5) is 23.1. The molecule has 0 heterocycles. The Hall–Kier alpha value is -1.14. The Balaban J connectivity index is 4.19. The van der Waals surface area contributed by atoms with Crippen molar-refractivity contribution in [1.29, 1.82) is 0 Å². The summed E-state index contributed by atoms with van der Waals surface area (Å²) in [7, 11) is 0. The number of carbonyl (C=O) groups is 2. The molecule has 6 nitrogen and oxygen atoms in total. The molecular weight excluding hydrogens is 392 g/mol. The van der Waals surface area contributed by atoms with Gasteiger partial charge in [0.2, 0.25) is 12.3 Å². The molecule has 0 saturated heterocycles. The van der Waals surface area contributed by atoms with Crippen LogP contribution in [0.5, 0.6) is 0 Å². The summed E-state index contributed by atoms with van der Waals surface area (Å²) in [5, 5.41) is 5.82. The monoisotopic (exact) mass is 442 g/mol. The maximum atomic E-state index is 12.6. The van der Waals surface area contributed by atoms with Gasteiger partial charge in [0, 0.05) is 31.7 Å². The molecule has 0 radical (unpaired) electrons. The zero-order chi connectivity index (χ0) is 24.2. The van der Waals surface area contributed by atoms with Crippen molar-refractivity contribution >= 4 is 12.3 Å². The first-order valence-electron chi connectivity index (χ1n) is 11.9. The molecule has 0 bridgehead atoms. The number of hydrogen-bond acceptors (Lipinski definition) is 4. The number of ether oxygens (including phenoxy) is 2. The van der Waals surface area contributed by atoms with Gasteiger partial charge in [-0.05, 0) is 65.2 Å². The quantitative estimate of drug-likeness (QED) is 0.235. The third-order valence-corrected chi connectivity index (χ3v) is 5.86. The van der Waals surface area contributed by atoms with Gasteiger partial charge in [-0.25, -0.2) is 0 Å². The largest absolute Gasteiger partial charge is 0.376 e. The van der Waals surface area contributed by atoms with Gasteiger partial charge in [-0.3, -0.25) is 9.59 Å². The standard InChI is InChI=1S/C25H50N2O4/c1-10-12-24(6,7)31-18-15-23(4,5)21(29)27-16-11-13-25(8,9)30-17-14-22(2,3)19-26-20-28/h20H,10-19H2,1-9H3,(H,26,28)(H,27,29). The highest BCUT2D eigenvalue weighted by Gasteiger charge is 2.29. The van der Waals surface area contributed by atoms with Crippen molar-refractivity contribution in [2.24, 2.45) is 10.8 Å². The predicted molar refractivity (Wildman–Crippen MR) is 128 cm³/mol. The van der Waals surface area contributed by atoms with Crippen LogP contribution >= 0.6 is 0 Å². The van der Waals surface area contributed by atoms with E-state index in [0.29, 0.717) is 32.7 Å². The van der Waals surface area contributed by atoms with Gasteiger partial charge in [-0.2, -0.15) is 0 Å². The number of hydrogen-bond donors (Lipinski definition) is 2. The third kappa shape index (κ3) is 14.5. The number of amides is 2. The van der Waals surface area contributed by atoms with E-state index in [-0.39, 0.29) is 22.5 Å². The molecule has 184 valence electrons. The minimum atomic E-state index is -0.449. The first-order chi connectivity index (χ1) is 14.2. The Morgan fingerprint density at radius 1 is 0.839 bits per heavy atom. The summed E-state index contributed by atoms with van der Waals surface area (Å²) in [6, 6.07) is 0. The molecule has 2 N–H and O–H groups in total. The summed E-state index contributed by atoms with van der Waals surface area (Å²) < 4.78 is 12.1. The van der Waals surface area contributed by atoms with Crippen molar-refractivity contribution in [3.63, 3.8) is 0 Å². The lowest BCUT2D eigenvalue weighted by Crippen LogP contribution is -2.39. The highest BCUT2D eigenvalue weighted by molar-refractivity contribution is 5.81. The van der Waals surface area contributed by atoms with E-state index >= 15 is 0 Å². The van der Waals surface area contributed by atoms with E-state index in [9.17, 15) is 9.59 Å². The summed E-state index contributed by atoms with van der Waals surface area (Å²) in [6.45, 7) is 21.3. The highest BCUT2D eigenvalue weighted by Crippen LogP contribution is 2.25. The van der Waals surface area contributed by atoms with Gasteiger partial charge in [0.05, 0.1) is 11.2 Å². The van der Waals surface area contributed by atoms with Gasteiger partial charge in [0.1, 0.15) is 0 Å². The van der Waals surface area contributed by atoms with E-state index in [1.54, 1.807) is 0 Å². The van der Waals surface area contributed by atoms with Crippen molar-refractivity contribution in [2.45, 2.75) is 112 Å². The van der Waals surface area contributed by atoms with Crippen molar-refractivity contribution in [3.05, 3.63) is 0 Å². The number of nitrogens with one attached hydrogen (secondary N) is 2. The molecule has 0 aromatic rings. The van der Waals surface area contributed by atoms with Gasteiger partial charge in [0.25, 0.3) is 0 Å². The van der Waals surface area contributed by atoms with Crippen LogP contribution in [-0.4, -0.2) is 49.8 Å². The Labute approximate surface area is 191 Å². The lowest BCUT2D eigenvalue weighted by molar-refractivity contribution is -0.131. The molecule has 31 heavy (non-hydrogen) atoms. The maximum absolute atomic E-state index is 12.6. The van der Waals surface area contributed by atoms with Crippen molar-refractivity contribution in [1.82, 2.24) is 10.6 Å². The average molecular weight is 443 g/mol. The molecule has 0 unspecified atom stereocenters. The Kier molecular flexibility index (Phi) is 12.9. The first-order valence-corrected chi connectivity index (χ1v) is 11.9. The van der Waals surface area contributed by atoms with E-state index in [1.807, 2.05) is 13.8 Å². The Morgan fingerprint density at radius 3 is 1.94 bits per heavy atom. The van der Waals surface area contributed by atoms with Crippen LogP contribution in [0.25, 0.3) is 0 Å². The number of carbonyl (C=O) groups excluding carboxylic acids is 2. The van der Waals surface area contributed by atoms with Crippen molar-refractivity contribution in [2.75, 3.05) is 26.3 Å². The minimum absolute atomic E-state index is 0.00597. The molecule has 0 atom stereocenters. The molecule has 0 aliphatic rings. The van der Waals surface area contributed by atoms with Gasteiger partial charge in [-0.15, -0.1) is 0 Å². The normalized spacial score (nSPS) is 13.2. The zero-order valence-electron chi connectivity index (χ0n) is 21.8. The van der Waals surface area contributed by atoms with Gasteiger partial charge >= 0.3 is 0 Å². The van der Waals surface area contributed by atoms with Crippen LogP contribution in [0.1, 0.15) is 101 Å². The second-order valence-corrected chi connectivity index (χ2v) is 11.4. The molecule has 2 amide bonds. The van der Waals surface area contributed by atoms with E-state index < -0.39 is 5.41 Å². The van der Waals surface area contributed by atoms with Crippen molar-refractivity contribution in [3.8, 4) is 0 Å². The Bertz CT molecular complexity index is 528. The van der Waals surface area contributed by atoms with Crippen LogP contribution in [-0.2, 0) is 19.1 Å². The molecular formula is C25H50N2O4. The summed E-state index contributed by atoms with van der Waals surface area (Å²) in [5.41, 5.74) is -0.818. The molecule has 0 spiro atoms. The second-order valence-electron chi connectivity index (χ2n) is 11.4. The summed E-state index contributed by atoms with van der Waals surface area (Å²) in [5.74, 6) is 0.0764. The molecule has 0 aliphatic heterocycles. The zero-order valence-corrected chi connectivity index (χ0v) is 21.8. The molecule has 0 rings (SSSR count). The molecule has 0 aliphatic carbocycles. The van der Waals surface area contributed by atoms with Crippen LogP contribution in [0, 0.1) is 10.8 Å². The topological polar surface area (TPSA) is 76.7 Å². The van der Waals surface area contributed by atoms with Crippen LogP contribution in [0.2, 0.25) is 0 Å².